The van der Waals surface area contributed by atoms with Gasteiger partial charge in [0.2, 0.25) is 11.8 Å². The molecule has 2 N–H and O–H groups in total. The number of oxazole rings is 1. The van der Waals surface area contributed by atoms with Crippen LogP contribution < -0.4 is 10.6 Å². The molecule has 0 aliphatic rings. The van der Waals surface area contributed by atoms with Crippen LogP contribution in [-0.2, 0) is 4.79 Å². The Morgan fingerprint density at radius 3 is 2.70 bits per heavy atom. The van der Waals surface area contributed by atoms with Gasteiger partial charge in [0.25, 0.3) is 0 Å². The molecule has 0 aliphatic heterocycles. The van der Waals surface area contributed by atoms with Crippen molar-refractivity contribution in [1.82, 2.24) is 15.3 Å². The Labute approximate surface area is 178 Å². The number of rotatable bonds is 4. The molecule has 2 aromatic carbocycles. The fourth-order valence-corrected chi connectivity index (χ4v) is 3.14. The Bertz CT molecular complexity index is 1220. The molecule has 7 heteroatoms. The van der Waals surface area contributed by atoms with E-state index in [1.807, 2.05) is 61.5 Å². The van der Waals surface area contributed by atoms with E-state index in [2.05, 4.69) is 20.6 Å². The average Bonchev–Trinajstić information content (AvgIpc) is 3.18. The number of fused-ring (bicyclic) bond motifs is 1. The maximum Gasteiger partial charge on any atom is 0.250 e. The highest BCUT2D eigenvalue weighted by molar-refractivity contribution is 7.80. The Morgan fingerprint density at radius 1 is 1.07 bits per heavy atom. The van der Waals surface area contributed by atoms with Crippen molar-refractivity contribution in [3.05, 3.63) is 84.1 Å². The summed E-state index contributed by atoms with van der Waals surface area (Å²) < 4.78 is 5.82. The molecule has 1 amide bonds. The molecule has 0 saturated carbocycles. The lowest BCUT2D eigenvalue weighted by Gasteiger charge is -2.12. The highest BCUT2D eigenvalue weighted by atomic mass is 32.1. The molecule has 6 nitrogen and oxygen atoms in total. The summed E-state index contributed by atoms with van der Waals surface area (Å²) in [6.45, 7) is 1.93. The lowest BCUT2D eigenvalue weighted by atomic mass is 10.1. The maximum atomic E-state index is 12.1. The minimum absolute atomic E-state index is 0.206. The molecular weight excluding hydrogens is 396 g/mol. The standard InChI is InChI=1S/C23H18N4O2S/c1-15-17(22-27-21-19(29-22)11-6-14-24-21)9-5-10-18(15)25-23(30)26-20(28)13-12-16-7-3-2-4-8-16/h2-14H,1H3,(H2,25,26,28,30). The summed E-state index contributed by atoms with van der Waals surface area (Å²) in [5.41, 5.74) is 4.57. The number of aromatic nitrogens is 2. The number of hydrogen-bond donors (Lipinski definition) is 2. The molecule has 0 radical (unpaired) electrons. The van der Waals surface area contributed by atoms with Crippen LogP contribution in [-0.4, -0.2) is 21.0 Å². The molecule has 148 valence electrons. The van der Waals surface area contributed by atoms with Crippen LogP contribution in [0.1, 0.15) is 11.1 Å². The lowest BCUT2D eigenvalue weighted by Crippen LogP contribution is -2.33. The summed E-state index contributed by atoms with van der Waals surface area (Å²) in [5.74, 6) is 0.167. The molecule has 0 fully saturated rings. The first-order valence-electron chi connectivity index (χ1n) is 9.27. The summed E-state index contributed by atoms with van der Waals surface area (Å²) in [4.78, 5) is 20.8. The first-order valence-corrected chi connectivity index (χ1v) is 9.67. The van der Waals surface area contributed by atoms with Gasteiger partial charge in [-0.3, -0.25) is 10.1 Å². The largest absolute Gasteiger partial charge is 0.434 e. The molecule has 0 saturated heterocycles. The third-order valence-corrected chi connectivity index (χ3v) is 4.64. The highest BCUT2D eigenvalue weighted by Gasteiger charge is 2.14. The van der Waals surface area contributed by atoms with E-state index < -0.39 is 0 Å². The van der Waals surface area contributed by atoms with Gasteiger partial charge in [0.1, 0.15) is 0 Å². The van der Waals surface area contributed by atoms with Crippen molar-refractivity contribution in [3.8, 4) is 11.5 Å². The van der Waals surface area contributed by atoms with Crippen LogP contribution in [0.25, 0.3) is 28.8 Å². The van der Waals surface area contributed by atoms with Gasteiger partial charge in [0.15, 0.2) is 16.3 Å². The van der Waals surface area contributed by atoms with E-state index in [-0.39, 0.29) is 11.0 Å². The van der Waals surface area contributed by atoms with Crippen molar-refractivity contribution in [2.75, 3.05) is 5.32 Å². The molecule has 2 heterocycles. The second-order valence-corrected chi connectivity index (χ2v) is 6.92. The van der Waals surface area contributed by atoms with Crippen molar-refractivity contribution >= 4 is 46.2 Å². The molecular formula is C23H18N4O2S. The predicted octanol–water partition coefficient (Wildman–Crippen LogP) is 4.72. The molecule has 4 aromatic rings. The van der Waals surface area contributed by atoms with Gasteiger partial charge < -0.3 is 9.73 Å². The van der Waals surface area contributed by atoms with E-state index in [1.54, 1.807) is 18.3 Å². The number of amides is 1. The van der Waals surface area contributed by atoms with Crippen molar-refractivity contribution in [1.29, 1.82) is 0 Å². The zero-order valence-corrected chi connectivity index (χ0v) is 16.9. The molecule has 30 heavy (non-hydrogen) atoms. The number of carbonyl (C=O) groups is 1. The molecule has 0 spiro atoms. The normalized spacial score (nSPS) is 11.0. The summed E-state index contributed by atoms with van der Waals surface area (Å²) in [7, 11) is 0. The van der Waals surface area contributed by atoms with Gasteiger partial charge in [-0.1, -0.05) is 36.4 Å². The Morgan fingerprint density at radius 2 is 1.90 bits per heavy atom. The van der Waals surface area contributed by atoms with Crippen LogP contribution in [0.2, 0.25) is 0 Å². The number of nitrogens with one attached hydrogen (secondary N) is 2. The van der Waals surface area contributed by atoms with Gasteiger partial charge in [0, 0.05) is 23.5 Å². The van der Waals surface area contributed by atoms with E-state index >= 15 is 0 Å². The topological polar surface area (TPSA) is 80.0 Å². The van der Waals surface area contributed by atoms with Gasteiger partial charge in [0.05, 0.1) is 0 Å². The van der Waals surface area contributed by atoms with Crippen LogP contribution in [0.3, 0.4) is 0 Å². The number of hydrogen-bond acceptors (Lipinski definition) is 5. The summed E-state index contributed by atoms with van der Waals surface area (Å²) in [5, 5.41) is 5.92. The van der Waals surface area contributed by atoms with E-state index in [0.29, 0.717) is 17.1 Å². The second kappa shape index (κ2) is 8.67. The van der Waals surface area contributed by atoms with Crippen LogP contribution >= 0.6 is 12.2 Å². The van der Waals surface area contributed by atoms with E-state index in [1.165, 1.54) is 6.08 Å². The van der Waals surface area contributed by atoms with Gasteiger partial charge >= 0.3 is 0 Å². The molecule has 2 aromatic heterocycles. The molecule has 0 atom stereocenters. The smallest absolute Gasteiger partial charge is 0.250 e. The fraction of sp³-hybridized carbons (Fsp3) is 0.0435. The maximum absolute atomic E-state index is 12.1. The third kappa shape index (κ3) is 4.42. The summed E-state index contributed by atoms with van der Waals surface area (Å²) in [6.07, 6.45) is 4.84. The number of thiocarbonyl (C=S) groups is 1. The van der Waals surface area contributed by atoms with Crippen LogP contribution in [0, 0.1) is 6.92 Å². The van der Waals surface area contributed by atoms with E-state index in [4.69, 9.17) is 16.6 Å². The van der Waals surface area contributed by atoms with Crippen molar-refractivity contribution in [2.45, 2.75) is 6.92 Å². The van der Waals surface area contributed by atoms with Crippen LogP contribution in [0.4, 0.5) is 5.69 Å². The monoisotopic (exact) mass is 414 g/mol. The lowest BCUT2D eigenvalue weighted by molar-refractivity contribution is -0.115. The molecule has 0 aliphatic carbocycles. The van der Waals surface area contributed by atoms with E-state index in [9.17, 15) is 4.79 Å². The van der Waals surface area contributed by atoms with E-state index in [0.717, 1.165) is 22.4 Å². The Kier molecular flexibility index (Phi) is 5.63. The van der Waals surface area contributed by atoms with Gasteiger partial charge in [-0.25, -0.2) is 4.98 Å². The zero-order valence-electron chi connectivity index (χ0n) is 16.1. The number of pyridine rings is 1. The minimum atomic E-state index is -0.310. The Balaban J connectivity index is 1.47. The third-order valence-electron chi connectivity index (χ3n) is 4.44. The molecule has 4 rings (SSSR count). The minimum Gasteiger partial charge on any atom is -0.434 e. The first kappa shape index (κ1) is 19.5. The van der Waals surface area contributed by atoms with Gasteiger partial charge in [-0.05, 0) is 60.6 Å². The van der Waals surface area contributed by atoms with Gasteiger partial charge in [-0.15, -0.1) is 0 Å². The highest BCUT2D eigenvalue weighted by Crippen LogP contribution is 2.29. The quantitative estimate of drug-likeness (QED) is 0.371. The number of nitrogens with zero attached hydrogens (tertiary/aromatic N) is 2. The molecule has 0 bridgehead atoms. The van der Waals surface area contributed by atoms with Crippen molar-refractivity contribution in [2.24, 2.45) is 0 Å². The summed E-state index contributed by atoms with van der Waals surface area (Å²) >= 11 is 5.29. The van der Waals surface area contributed by atoms with Crippen LogP contribution in [0.15, 0.2) is 77.4 Å². The Hall–Kier alpha value is -3.84. The SMILES string of the molecule is Cc1c(NC(=S)NC(=O)C=Cc2ccccc2)cccc1-c1nc2ncccc2o1. The first-order chi connectivity index (χ1) is 14.6. The van der Waals surface area contributed by atoms with Crippen molar-refractivity contribution in [3.63, 3.8) is 0 Å². The second-order valence-electron chi connectivity index (χ2n) is 6.51. The number of carbonyl (C=O) groups excluding carboxylic acids is 1. The van der Waals surface area contributed by atoms with Crippen LogP contribution in [0.5, 0.6) is 0 Å². The molecule has 0 unspecified atom stereocenters. The average molecular weight is 414 g/mol. The summed E-state index contributed by atoms with van der Waals surface area (Å²) in [6, 6.07) is 18.8. The zero-order chi connectivity index (χ0) is 20.9. The number of anilines is 1. The van der Waals surface area contributed by atoms with Crippen molar-refractivity contribution < 1.29 is 9.21 Å². The van der Waals surface area contributed by atoms with Gasteiger partial charge in [-0.2, -0.15) is 4.98 Å². The number of benzene rings is 2. The fourth-order valence-electron chi connectivity index (χ4n) is 2.93. The predicted molar refractivity (Wildman–Crippen MR) is 122 cm³/mol.